The summed E-state index contributed by atoms with van der Waals surface area (Å²) >= 11 is 0. The van der Waals surface area contributed by atoms with Crippen LogP contribution < -0.4 is 0 Å². The summed E-state index contributed by atoms with van der Waals surface area (Å²) in [5.74, 6) is 0. The SMILES string of the molecule is CC.CC.CC.CC.CC.CC.CC.CC.CC.CC.CCc1cc(CC)c2ccccc2n1.CCc1cc(Cn2c3ccccc3c3c4ccccc4ccc32)nc2ccccc12.[Y].[Y].[c-]1ccccc1-c1[c-]cccc1.[c-]1ccccc1-c1[c-]cccc1.c1ccc2c(c1)ccc1[nH]c3ccccc3c12. The van der Waals surface area contributed by atoms with E-state index in [0.29, 0.717) is 0 Å². The minimum atomic E-state index is 0. The van der Waals surface area contributed by atoms with Crippen molar-refractivity contribution in [2.75, 3.05) is 0 Å². The van der Waals surface area contributed by atoms with Crippen LogP contribution in [0.2, 0.25) is 0 Å². The summed E-state index contributed by atoms with van der Waals surface area (Å²) in [6, 6.07) is 109. The average molecular weight is 1570 g/mol. The van der Waals surface area contributed by atoms with Crippen molar-refractivity contribution in [2.45, 2.75) is 185 Å². The van der Waals surface area contributed by atoms with Crippen molar-refractivity contribution in [1.29, 1.82) is 0 Å². The topological polar surface area (TPSA) is 46.5 Å². The number of rotatable bonds is 7. The third kappa shape index (κ3) is 28.4. The zero-order chi connectivity index (χ0) is 77.7. The van der Waals surface area contributed by atoms with Crippen molar-refractivity contribution in [3.05, 3.63) is 326 Å². The van der Waals surface area contributed by atoms with Crippen molar-refractivity contribution >= 4 is 87.0 Å². The fraction of sp³-hybridized carbons (Fsp3) is 0.267. The Hall–Kier alpha value is -8.21. The summed E-state index contributed by atoms with van der Waals surface area (Å²) in [5.41, 5.74) is 16.6. The summed E-state index contributed by atoms with van der Waals surface area (Å²) in [6.45, 7) is 47.3. The summed E-state index contributed by atoms with van der Waals surface area (Å²) < 4.78 is 2.42. The zero-order valence-corrected chi connectivity index (χ0v) is 75.1. The molecule has 558 valence electrons. The molecule has 4 nitrogen and oxygen atoms in total. The van der Waals surface area contributed by atoms with E-state index < -0.39 is 0 Å². The molecule has 0 aliphatic carbocycles. The van der Waals surface area contributed by atoms with E-state index in [1.807, 2.05) is 242 Å². The molecule has 16 rings (SSSR count). The van der Waals surface area contributed by atoms with Gasteiger partial charge in [0, 0.05) is 120 Å². The van der Waals surface area contributed by atoms with Gasteiger partial charge in [-0.15, -0.1) is 24.3 Å². The van der Waals surface area contributed by atoms with Gasteiger partial charge in [0.1, 0.15) is 0 Å². The fourth-order valence-electron chi connectivity index (χ4n) is 11.5. The fourth-order valence-corrected chi connectivity index (χ4v) is 11.5. The van der Waals surface area contributed by atoms with E-state index >= 15 is 0 Å². The first-order valence-electron chi connectivity index (χ1n) is 39.4. The first-order chi connectivity index (χ1) is 52.0. The number of aromatic nitrogens is 4. The molecule has 4 aromatic heterocycles. The van der Waals surface area contributed by atoms with Gasteiger partial charge < -0.3 is 9.55 Å². The molecule has 2 radical (unpaired) electrons. The number of nitrogens with one attached hydrogen (secondary N) is 1. The zero-order valence-electron chi connectivity index (χ0n) is 69.4. The Morgan fingerprint density at radius 3 is 1.03 bits per heavy atom. The number of aromatic amines is 1. The molecule has 0 unspecified atom stereocenters. The maximum absolute atomic E-state index is 5.01. The molecule has 0 amide bonds. The van der Waals surface area contributed by atoms with Gasteiger partial charge >= 0.3 is 0 Å². The predicted octanol–water partition coefficient (Wildman–Crippen LogP) is 31.1. The van der Waals surface area contributed by atoms with Gasteiger partial charge in [-0.05, 0) is 100 Å². The van der Waals surface area contributed by atoms with Crippen LogP contribution in [0.5, 0.6) is 0 Å². The van der Waals surface area contributed by atoms with Crippen LogP contribution in [-0.2, 0) is 91.2 Å². The van der Waals surface area contributed by atoms with Gasteiger partial charge in [0.15, 0.2) is 0 Å². The smallest absolute Gasteiger partial charge is 0.0708 e. The molecule has 0 aliphatic rings. The third-order valence-electron chi connectivity index (χ3n) is 15.6. The maximum Gasteiger partial charge on any atom is 0.0708 e. The first kappa shape index (κ1) is 98.8. The number of hydrogen-bond acceptors (Lipinski definition) is 2. The van der Waals surface area contributed by atoms with Crippen LogP contribution >= 0.6 is 0 Å². The number of nitrogens with zero attached hydrogens (tertiary/aromatic N) is 3. The van der Waals surface area contributed by atoms with Gasteiger partial charge in [-0.3, -0.25) is 9.97 Å². The largest absolute Gasteiger partial charge is 0.354 e. The standard InChI is InChI=1S/C28H22N2.C16H11N.C13H15N.2C12H8.10C2H6.2Y/c1-2-19-17-21(29-25-13-7-5-10-22(19)25)18-30-26-14-8-6-12-24(26)28-23-11-4-3-9-20(23)15-16-27(28)30;1-2-6-12-11(5-1)9-10-15-16(12)13-7-3-4-8-14(13)17-15;1-3-10-9-11(4-2)14-13-8-6-5-7-12(10)13;2*1-3-7-11(8-4-1)12-9-5-2-6-10-12;10*1-2;;/h3-17H,2,18H2,1H3;1-10,17H;5-9H,3-4H2,1-2H3;2*1-7,9H;10*1-2H3;;/q;;;2*-2;;;;;;;;;;;;. The molecule has 12 aromatic carbocycles. The Labute approximate surface area is 698 Å². The Balaban J connectivity index is 0.00000128. The van der Waals surface area contributed by atoms with Gasteiger partial charge in [-0.2, -0.15) is 97.1 Å². The molecular weight excluding hydrogens is 1450 g/mol. The van der Waals surface area contributed by atoms with E-state index in [4.69, 9.17) is 4.98 Å². The molecule has 0 atom stereocenters. The van der Waals surface area contributed by atoms with Gasteiger partial charge in [0.05, 0.1) is 28.8 Å². The molecule has 4 heterocycles. The maximum atomic E-state index is 5.01. The number of fused-ring (bicyclic) bond motifs is 12. The minimum absolute atomic E-state index is 0. The second-order valence-corrected chi connectivity index (χ2v) is 20.9. The molecule has 0 aliphatic heterocycles. The predicted molar refractivity (Wildman–Crippen MR) is 474 cm³/mol. The van der Waals surface area contributed by atoms with E-state index in [-0.39, 0.29) is 65.4 Å². The van der Waals surface area contributed by atoms with Gasteiger partial charge in [-0.1, -0.05) is 293 Å². The molecule has 0 bridgehead atoms. The molecule has 0 saturated carbocycles. The Kier molecular flexibility index (Phi) is 55.2. The molecular formula is C101H124N4Y2-4. The van der Waals surface area contributed by atoms with Crippen molar-refractivity contribution in [3.8, 4) is 22.3 Å². The molecule has 107 heavy (non-hydrogen) atoms. The number of benzene rings is 12. The van der Waals surface area contributed by atoms with Gasteiger partial charge in [0.25, 0.3) is 0 Å². The van der Waals surface area contributed by atoms with Gasteiger partial charge in [0.2, 0.25) is 0 Å². The normalized spacial score (nSPS) is 9.26. The van der Waals surface area contributed by atoms with Crippen LogP contribution in [0.1, 0.15) is 182 Å². The van der Waals surface area contributed by atoms with E-state index in [2.05, 4.69) is 235 Å². The second kappa shape index (κ2) is 59.8. The Morgan fingerprint density at radius 2 is 0.617 bits per heavy atom. The molecule has 6 heteroatoms. The summed E-state index contributed by atoms with van der Waals surface area (Å²) in [7, 11) is 0. The quantitative estimate of drug-likeness (QED) is 0.162. The number of aryl methyl sites for hydroxylation is 3. The summed E-state index contributed by atoms with van der Waals surface area (Å²) in [6.07, 6.45) is 3.10. The van der Waals surface area contributed by atoms with Crippen molar-refractivity contribution in [2.24, 2.45) is 0 Å². The summed E-state index contributed by atoms with van der Waals surface area (Å²) in [5, 5.41) is 13.0. The number of pyridine rings is 2. The van der Waals surface area contributed by atoms with Crippen molar-refractivity contribution in [3.63, 3.8) is 0 Å². The Bertz CT molecular complexity index is 4710. The van der Waals surface area contributed by atoms with Crippen molar-refractivity contribution in [1.82, 2.24) is 19.5 Å². The van der Waals surface area contributed by atoms with Crippen LogP contribution in [0.25, 0.3) is 109 Å². The second-order valence-electron chi connectivity index (χ2n) is 20.9. The molecule has 0 saturated heterocycles. The summed E-state index contributed by atoms with van der Waals surface area (Å²) in [4.78, 5) is 13.1. The minimum Gasteiger partial charge on any atom is -0.354 e. The first-order valence-corrected chi connectivity index (χ1v) is 39.4. The van der Waals surface area contributed by atoms with Crippen LogP contribution in [0.3, 0.4) is 0 Å². The van der Waals surface area contributed by atoms with Crippen LogP contribution in [0.4, 0.5) is 0 Å². The van der Waals surface area contributed by atoms with Crippen LogP contribution in [-0.4, -0.2) is 19.5 Å². The number of hydrogen-bond donors (Lipinski definition) is 1. The Morgan fingerprint density at radius 1 is 0.280 bits per heavy atom. The van der Waals surface area contributed by atoms with Crippen LogP contribution in [0, 0.1) is 24.3 Å². The van der Waals surface area contributed by atoms with E-state index in [1.54, 1.807) is 0 Å². The van der Waals surface area contributed by atoms with E-state index in [0.717, 1.165) is 64.8 Å². The monoisotopic (exact) mass is 1570 g/mol. The van der Waals surface area contributed by atoms with Crippen LogP contribution in [0.15, 0.2) is 279 Å². The van der Waals surface area contributed by atoms with Crippen molar-refractivity contribution < 1.29 is 65.4 Å². The molecule has 0 spiro atoms. The molecule has 16 aromatic rings. The van der Waals surface area contributed by atoms with E-state index in [1.165, 1.54) is 92.7 Å². The number of H-pyrrole nitrogens is 1. The molecule has 1 N–H and O–H groups in total. The number of para-hydroxylation sites is 4. The average Bonchev–Trinajstić information content (AvgIpc) is 1.60. The third-order valence-corrected chi connectivity index (χ3v) is 15.6. The van der Waals surface area contributed by atoms with E-state index in [9.17, 15) is 0 Å². The molecule has 0 fully saturated rings. The van der Waals surface area contributed by atoms with Gasteiger partial charge in [-0.25, -0.2) is 22.3 Å².